The van der Waals surface area contributed by atoms with E-state index in [1.165, 1.54) is 47.1 Å². The fourth-order valence-electron chi connectivity index (χ4n) is 4.48. The van der Waals surface area contributed by atoms with Crippen molar-refractivity contribution < 1.29 is 0 Å². The summed E-state index contributed by atoms with van der Waals surface area (Å²) < 4.78 is 0. The summed E-state index contributed by atoms with van der Waals surface area (Å²) in [5.74, 6) is 1.06. The van der Waals surface area contributed by atoms with E-state index in [-0.39, 0.29) is 0 Å². The van der Waals surface area contributed by atoms with Gasteiger partial charge in [-0.05, 0) is 61.8 Å². The van der Waals surface area contributed by atoms with Gasteiger partial charge >= 0.3 is 0 Å². The van der Waals surface area contributed by atoms with Crippen molar-refractivity contribution in [1.82, 2.24) is 14.9 Å². The summed E-state index contributed by atoms with van der Waals surface area (Å²) in [5.41, 5.74) is 2.84. The number of aryl methyl sites for hydroxylation is 2. The zero-order valence-electron chi connectivity index (χ0n) is 16.0. The molecule has 5 rings (SSSR count). The summed E-state index contributed by atoms with van der Waals surface area (Å²) in [5, 5.41) is 5.86. The summed E-state index contributed by atoms with van der Waals surface area (Å²) in [6.45, 7) is 3.21. The lowest BCUT2D eigenvalue weighted by Crippen LogP contribution is -2.38. The molecule has 1 fully saturated rings. The van der Waals surface area contributed by atoms with Crippen LogP contribution >= 0.6 is 22.9 Å². The smallest absolute Gasteiger partial charge is 0.138 e. The highest BCUT2D eigenvalue weighted by atomic mass is 35.5. The zero-order valence-corrected chi connectivity index (χ0v) is 17.5. The SMILES string of the molecule is Clc1ccc(CN2CCC(Nc3ncnc4sc5c(c34)CCCC5)CC2)cc1. The molecule has 146 valence electrons. The van der Waals surface area contributed by atoms with E-state index in [2.05, 4.69) is 32.3 Å². The predicted molar refractivity (Wildman–Crippen MR) is 117 cm³/mol. The average Bonchev–Trinajstić information content (AvgIpc) is 3.11. The number of hydrogen-bond acceptors (Lipinski definition) is 5. The first-order valence-electron chi connectivity index (χ1n) is 10.2. The summed E-state index contributed by atoms with van der Waals surface area (Å²) in [6, 6.07) is 8.70. The van der Waals surface area contributed by atoms with Crippen LogP contribution in [0, 0.1) is 0 Å². The van der Waals surface area contributed by atoms with Crippen molar-refractivity contribution in [1.29, 1.82) is 0 Å². The van der Waals surface area contributed by atoms with Crippen LogP contribution in [0.4, 0.5) is 5.82 Å². The molecule has 3 aromatic rings. The first kappa shape index (κ1) is 18.3. The molecule has 0 saturated carbocycles. The van der Waals surface area contributed by atoms with Crippen molar-refractivity contribution in [3.8, 4) is 0 Å². The molecule has 0 unspecified atom stereocenters. The molecule has 6 heteroatoms. The molecule has 1 N–H and O–H groups in total. The van der Waals surface area contributed by atoms with E-state index in [1.54, 1.807) is 6.33 Å². The maximum Gasteiger partial charge on any atom is 0.138 e. The highest BCUT2D eigenvalue weighted by molar-refractivity contribution is 7.19. The van der Waals surface area contributed by atoms with E-state index in [0.29, 0.717) is 6.04 Å². The van der Waals surface area contributed by atoms with Crippen LogP contribution in [0.2, 0.25) is 5.02 Å². The molecule has 1 aromatic carbocycles. The van der Waals surface area contributed by atoms with Crippen LogP contribution in [0.25, 0.3) is 10.2 Å². The normalized spacial score (nSPS) is 18.3. The minimum atomic E-state index is 0.485. The lowest BCUT2D eigenvalue weighted by molar-refractivity contribution is 0.211. The zero-order chi connectivity index (χ0) is 18.9. The minimum Gasteiger partial charge on any atom is -0.367 e. The molecule has 1 aliphatic carbocycles. The van der Waals surface area contributed by atoms with Crippen LogP contribution in [0.5, 0.6) is 0 Å². The summed E-state index contributed by atoms with van der Waals surface area (Å²) in [7, 11) is 0. The van der Waals surface area contributed by atoms with Crippen LogP contribution in [0.1, 0.15) is 41.7 Å². The third kappa shape index (κ3) is 3.76. The Morgan fingerprint density at radius 3 is 2.68 bits per heavy atom. The molecule has 1 saturated heterocycles. The number of nitrogens with zero attached hydrogens (tertiary/aromatic N) is 3. The molecule has 0 spiro atoms. The highest BCUT2D eigenvalue weighted by Crippen LogP contribution is 2.38. The molecule has 2 aliphatic rings. The van der Waals surface area contributed by atoms with Gasteiger partial charge < -0.3 is 5.32 Å². The van der Waals surface area contributed by atoms with E-state index >= 15 is 0 Å². The van der Waals surface area contributed by atoms with Gasteiger partial charge in [-0.2, -0.15) is 0 Å². The van der Waals surface area contributed by atoms with Gasteiger partial charge in [0, 0.05) is 35.6 Å². The third-order valence-electron chi connectivity index (χ3n) is 6.00. The number of fused-ring (bicyclic) bond motifs is 3. The highest BCUT2D eigenvalue weighted by Gasteiger charge is 2.23. The molecule has 2 aromatic heterocycles. The molecule has 0 radical (unpaired) electrons. The Hall–Kier alpha value is -1.69. The Morgan fingerprint density at radius 1 is 1.07 bits per heavy atom. The lowest BCUT2D eigenvalue weighted by Gasteiger charge is -2.32. The molecule has 3 heterocycles. The van der Waals surface area contributed by atoms with Gasteiger partial charge in [0.05, 0.1) is 5.39 Å². The van der Waals surface area contributed by atoms with Crippen molar-refractivity contribution >= 4 is 39.0 Å². The molecule has 0 amide bonds. The Balaban J connectivity index is 1.25. The number of likely N-dealkylation sites (tertiary alicyclic amines) is 1. The average molecular weight is 413 g/mol. The van der Waals surface area contributed by atoms with Crippen molar-refractivity contribution in [2.24, 2.45) is 0 Å². The summed E-state index contributed by atoms with van der Waals surface area (Å²) in [6.07, 6.45) is 8.99. The fourth-order valence-corrected chi connectivity index (χ4v) is 5.83. The second-order valence-corrected chi connectivity index (χ2v) is 9.45. The Bertz CT molecular complexity index is 961. The van der Waals surface area contributed by atoms with Gasteiger partial charge in [0.1, 0.15) is 17.0 Å². The summed E-state index contributed by atoms with van der Waals surface area (Å²) >= 11 is 7.87. The van der Waals surface area contributed by atoms with E-state index in [0.717, 1.165) is 48.1 Å². The molecule has 0 atom stereocenters. The molecule has 4 nitrogen and oxygen atoms in total. The Labute approximate surface area is 175 Å². The predicted octanol–water partition coefficient (Wildman–Crippen LogP) is 5.30. The monoisotopic (exact) mass is 412 g/mol. The van der Waals surface area contributed by atoms with Crippen molar-refractivity contribution in [2.75, 3.05) is 18.4 Å². The van der Waals surface area contributed by atoms with E-state index in [9.17, 15) is 0 Å². The van der Waals surface area contributed by atoms with E-state index in [1.807, 2.05) is 23.5 Å². The molecule has 1 aliphatic heterocycles. The molecular weight excluding hydrogens is 388 g/mol. The summed E-state index contributed by atoms with van der Waals surface area (Å²) in [4.78, 5) is 14.4. The van der Waals surface area contributed by atoms with Gasteiger partial charge in [0.25, 0.3) is 0 Å². The minimum absolute atomic E-state index is 0.485. The molecule has 28 heavy (non-hydrogen) atoms. The van der Waals surface area contributed by atoms with Crippen molar-refractivity contribution in [3.05, 3.63) is 51.6 Å². The van der Waals surface area contributed by atoms with Gasteiger partial charge in [-0.3, -0.25) is 4.90 Å². The molecular formula is C22H25ClN4S. The first-order valence-corrected chi connectivity index (χ1v) is 11.4. The number of rotatable bonds is 4. The van der Waals surface area contributed by atoms with Crippen LogP contribution < -0.4 is 5.32 Å². The number of anilines is 1. The number of benzene rings is 1. The second-order valence-electron chi connectivity index (χ2n) is 7.93. The first-order chi connectivity index (χ1) is 13.8. The largest absolute Gasteiger partial charge is 0.367 e. The van der Waals surface area contributed by atoms with Gasteiger partial charge in [-0.1, -0.05) is 23.7 Å². The fraction of sp³-hybridized carbons (Fsp3) is 0.455. The van der Waals surface area contributed by atoms with Crippen LogP contribution in [-0.2, 0) is 19.4 Å². The van der Waals surface area contributed by atoms with E-state index < -0.39 is 0 Å². The number of halogens is 1. The van der Waals surface area contributed by atoms with Crippen LogP contribution in [0.3, 0.4) is 0 Å². The second kappa shape index (κ2) is 7.97. The Morgan fingerprint density at radius 2 is 1.86 bits per heavy atom. The van der Waals surface area contributed by atoms with Crippen LogP contribution in [0.15, 0.2) is 30.6 Å². The van der Waals surface area contributed by atoms with Gasteiger partial charge in [-0.25, -0.2) is 9.97 Å². The third-order valence-corrected chi connectivity index (χ3v) is 7.45. The number of hydrogen-bond donors (Lipinski definition) is 1. The van der Waals surface area contributed by atoms with Crippen molar-refractivity contribution in [3.63, 3.8) is 0 Å². The number of thiophene rings is 1. The standard InChI is InChI=1S/C22H25ClN4S/c23-16-7-5-15(6-8-16)13-27-11-9-17(10-12-27)26-21-20-18-3-1-2-4-19(18)28-22(20)25-14-24-21/h5-8,14,17H,1-4,9-13H2,(H,24,25,26). The van der Waals surface area contributed by atoms with Crippen molar-refractivity contribution in [2.45, 2.75) is 51.1 Å². The number of aromatic nitrogens is 2. The number of nitrogens with one attached hydrogen (secondary N) is 1. The van der Waals surface area contributed by atoms with Gasteiger partial charge in [0.2, 0.25) is 0 Å². The maximum atomic E-state index is 6.00. The van der Waals surface area contributed by atoms with Gasteiger partial charge in [-0.15, -0.1) is 11.3 Å². The lowest BCUT2D eigenvalue weighted by atomic mass is 9.96. The van der Waals surface area contributed by atoms with Crippen LogP contribution in [-0.4, -0.2) is 34.0 Å². The van der Waals surface area contributed by atoms with Gasteiger partial charge in [0.15, 0.2) is 0 Å². The number of piperidine rings is 1. The van der Waals surface area contributed by atoms with E-state index in [4.69, 9.17) is 11.6 Å². The molecule has 0 bridgehead atoms. The Kier molecular flexibility index (Phi) is 5.22. The maximum absolute atomic E-state index is 6.00. The quantitative estimate of drug-likeness (QED) is 0.631. The topological polar surface area (TPSA) is 41.0 Å².